The van der Waals surface area contributed by atoms with Crippen molar-refractivity contribution in [1.82, 2.24) is 4.90 Å². The number of rotatable bonds is 12. The number of nitrogens with one attached hydrogen (secondary N) is 1. The van der Waals surface area contributed by atoms with Gasteiger partial charge < -0.3 is 24.4 Å². The van der Waals surface area contributed by atoms with E-state index in [1.165, 1.54) is 0 Å². The van der Waals surface area contributed by atoms with Gasteiger partial charge in [0.15, 0.2) is 6.79 Å². The zero-order valence-electron chi connectivity index (χ0n) is 21.8. The van der Waals surface area contributed by atoms with Crippen LogP contribution in [0, 0.1) is 6.92 Å². The fourth-order valence-electron chi connectivity index (χ4n) is 3.87. The molecule has 3 rings (SSSR count). The molecule has 0 radical (unpaired) electrons. The summed E-state index contributed by atoms with van der Waals surface area (Å²) in [5.74, 6) is 1.28. The summed E-state index contributed by atoms with van der Waals surface area (Å²) in [5, 5.41) is 3.08. The molecule has 190 valence electrons. The predicted molar refractivity (Wildman–Crippen MR) is 146 cm³/mol. The van der Waals surface area contributed by atoms with Crippen molar-refractivity contribution < 1.29 is 19.0 Å². The summed E-state index contributed by atoms with van der Waals surface area (Å²) in [6.07, 6.45) is 0.703. The molecule has 3 aromatic carbocycles. The number of allylic oxidation sites excluding steroid dienone is 1. The molecule has 36 heavy (non-hydrogen) atoms. The predicted octanol–water partition coefficient (Wildman–Crippen LogP) is 5.88. The summed E-state index contributed by atoms with van der Waals surface area (Å²) >= 11 is 0. The molecule has 0 heterocycles. The Morgan fingerprint density at radius 3 is 2.14 bits per heavy atom. The fraction of sp³-hybridized carbons (Fsp3) is 0.300. The Kier molecular flexibility index (Phi) is 10.1. The van der Waals surface area contributed by atoms with Gasteiger partial charge in [-0.25, -0.2) is 0 Å². The second-order valence-corrected chi connectivity index (χ2v) is 8.73. The monoisotopic (exact) mass is 488 g/mol. The molecule has 1 amide bonds. The van der Waals surface area contributed by atoms with Crippen molar-refractivity contribution in [3.05, 3.63) is 89.5 Å². The number of hydrogen-bond acceptors (Lipinski definition) is 5. The van der Waals surface area contributed by atoms with Crippen LogP contribution in [0.25, 0.3) is 11.1 Å². The maximum atomic E-state index is 13.7. The SMILES string of the molecule is CC/C(=C(\C(=O)Nc1ccc(OCCN(C)C)cc1)c1ccc(OCOC)cc1)c1ccccc1C. The Morgan fingerprint density at radius 2 is 1.53 bits per heavy atom. The van der Waals surface area contributed by atoms with Crippen LogP contribution in [0.1, 0.15) is 30.0 Å². The summed E-state index contributed by atoms with van der Waals surface area (Å²) in [7, 11) is 5.60. The van der Waals surface area contributed by atoms with Crippen LogP contribution in [0.3, 0.4) is 0 Å². The normalized spacial score (nSPS) is 11.7. The summed E-state index contributed by atoms with van der Waals surface area (Å²) in [5.41, 5.74) is 5.34. The first-order valence-electron chi connectivity index (χ1n) is 12.1. The minimum atomic E-state index is -0.165. The molecule has 0 aliphatic heterocycles. The summed E-state index contributed by atoms with van der Waals surface area (Å²) in [4.78, 5) is 15.8. The Labute approximate surface area is 214 Å². The molecule has 0 spiro atoms. The Hall–Kier alpha value is -3.61. The van der Waals surface area contributed by atoms with Crippen molar-refractivity contribution in [2.75, 3.05) is 46.5 Å². The number of aryl methyl sites for hydroxylation is 1. The number of hydrogen-bond donors (Lipinski definition) is 1. The maximum Gasteiger partial charge on any atom is 0.256 e. The zero-order valence-corrected chi connectivity index (χ0v) is 21.8. The Balaban J connectivity index is 1.92. The van der Waals surface area contributed by atoms with Crippen LogP contribution in [0.4, 0.5) is 5.69 Å². The van der Waals surface area contributed by atoms with Crippen molar-refractivity contribution in [3.8, 4) is 11.5 Å². The van der Waals surface area contributed by atoms with Crippen LogP contribution >= 0.6 is 0 Å². The van der Waals surface area contributed by atoms with Gasteiger partial charge in [0.25, 0.3) is 5.91 Å². The molecule has 3 aromatic rings. The van der Waals surface area contributed by atoms with Crippen LogP contribution < -0.4 is 14.8 Å². The quantitative estimate of drug-likeness (QED) is 0.196. The highest BCUT2D eigenvalue weighted by Gasteiger charge is 2.19. The first-order valence-corrected chi connectivity index (χ1v) is 12.1. The Morgan fingerprint density at radius 1 is 0.889 bits per heavy atom. The lowest BCUT2D eigenvalue weighted by Crippen LogP contribution is -2.19. The summed E-state index contributed by atoms with van der Waals surface area (Å²) < 4.78 is 16.3. The summed E-state index contributed by atoms with van der Waals surface area (Å²) in [6.45, 7) is 5.75. The van der Waals surface area contributed by atoms with Crippen LogP contribution in [0.15, 0.2) is 72.8 Å². The van der Waals surface area contributed by atoms with Gasteiger partial charge >= 0.3 is 0 Å². The van der Waals surface area contributed by atoms with E-state index < -0.39 is 0 Å². The van der Waals surface area contributed by atoms with E-state index in [-0.39, 0.29) is 12.7 Å². The highest BCUT2D eigenvalue weighted by atomic mass is 16.7. The molecule has 6 heteroatoms. The van der Waals surface area contributed by atoms with Gasteiger partial charge in [0, 0.05) is 19.3 Å². The lowest BCUT2D eigenvalue weighted by molar-refractivity contribution is -0.111. The van der Waals surface area contributed by atoms with Crippen molar-refractivity contribution in [2.24, 2.45) is 0 Å². The molecule has 1 N–H and O–H groups in total. The number of carbonyl (C=O) groups excluding carboxylic acids is 1. The molecule has 6 nitrogen and oxygen atoms in total. The maximum absolute atomic E-state index is 13.7. The number of likely N-dealkylation sites (N-methyl/N-ethyl adjacent to an activating group) is 1. The average molecular weight is 489 g/mol. The van der Waals surface area contributed by atoms with E-state index in [4.69, 9.17) is 14.2 Å². The molecule has 0 saturated carbocycles. The van der Waals surface area contributed by atoms with Crippen molar-refractivity contribution in [2.45, 2.75) is 20.3 Å². The van der Waals surface area contributed by atoms with E-state index in [0.717, 1.165) is 34.6 Å². The first-order chi connectivity index (χ1) is 17.4. The average Bonchev–Trinajstić information content (AvgIpc) is 2.88. The highest BCUT2D eigenvalue weighted by molar-refractivity contribution is 6.31. The van der Waals surface area contributed by atoms with E-state index in [9.17, 15) is 4.79 Å². The molecular formula is C30H36N2O4. The number of ether oxygens (including phenoxy) is 3. The van der Waals surface area contributed by atoms with Gasteiger partial charge in [-0.2, -0.15) is 0 Å². The minimum absolute atomic E-state index is 0.165. The fourth-order valence-corrected chi connectivity index (χ4v) is 3.87. The molecule has 0 atom stereocenters. The van der Waals surface area contributed by atoms with E-state index in [1.54, 1.807) is 7.11 Å². The molecular weight excluding hydrogens is 452 g/mol. The third kappa shape index (κ3) is 7.44. The number of benzene rings is 3. The number of methoxy groups -OCH3 is 1. The van der Waals surface area contributed by atoms with Gasteiger partial charge in [-0.15, -0.1) is 0 Å². The molecule has 0 aliphatic carbocycles. The van der Waals surface area contributed by atoms with Crippen molar-refractivity contribution >= 4 is 22.7 Å². The largest absolute Gasteiger partial charge is 0.492 e. The standard InChI is InChI=1S/C30H36N2O4/c1-6-27(28-10-8-7-9-22(28)2)29(23-11-15-26(16-12-23)36-21-34-5)30(33)31-24-13-17-25(18-14-24)35-20-19-32(3)4/h7-18H,6,19-21H2,1-5H3,(H,31,33)/b29-27+. The molecule has 0 bridgehead atoms. The molecule has 0 aliphatic rings. The van der Waals surface area contributed by atoms with Gasteiger partial charge in [-0.05, 0) is 86.1 Å². The highest BCUT2D eigenvalue weighted by Crippen LogP contribution is 2.33. The molecule has 0 fully saturated rings. The minimum Gasteiger partial charge on any atom is -0.492 e. The van der Waals surface area contributed by atoms with E-state index in [1.807, 2.05) is 74.8 Å². The molecule has 0 saturated heterocycles. The number of carbonyl (C=O) groups is 1. The third-order valence-corrected chi connectivity index (χ3v) is 5.76. The van der Waals surface area contributed by atoms with Gasteiger partial charge in [0.05, 0.1) is 5.57 Å². The lowest BCUT2D eigenvalue weighted by atomic mass is 9.90. The number of nitrogens with zero attached hydrogens (tertiary/aromatic N) is 1. The number of amides is 1. The van der Waals surface area contributed by atoms with Crippen LogP contribution in [-0.2, 0) is 9.53 Å². The number of anilines is 1. The topological polar surface area (TPSA) is 60.0 Å². The van der Waals surface area contributed by atoms with Crippen molar-refractivity contribution in [1.29, 1.82) is 0 Å². The first kappa shape index (κ1) is 27.0. The van der Waals surface area contributed by atoms with Gasteiger partial charge in [-0.1, -0.05) is 43.3 Å². The van der Waals surface area contributed by atoms with Gasteiger partial charge in [-0.3, -0.25) is 4.79 Å². The summed E-state index contributed by atoms with van der Waals surface area (Å²) in [6, 6.07) is 23.2. The molecule has 0 unspecified atom stereocenters. The zero-order chi connectivity index (χ0) is 25.9. The van der Waals surface area contributed by atoms with Crippen LogP contribution in [-0.4, -0.2) is 52.0 Å². The van der Waals surface area contributed by atoms with Crippen LogP contribution in [0.2, 0.25) is 0 Å². The van der Waals surface area contributed by atoms with Gasteiger partial charge in [0.2, 0.25) is 0 Å². The smallest absolute Gasteiger partial charge is 0.256 e. The van der Waals surface area contributed by atoms with E-state index in [0.29, 0.717) is 30.0 Å². The van der Waals surface area contributed by atoms with Crippen LogP contribution in [0.5, 0.6) is 11.5 Å². The van der Waals surface area contributed by atoms with E-state index in [2.05, 4.69) is 36.2 Å². The second-order valence-electron chi connectivity index (χ2n) is 8.73. The second kappa shape index (κ2) is 13.5. The lowest BCUT2D eigenvalue weighted by Gasteiger charge is -2.18. The van der Waals surface area contributed by atoms with Gasteiger partial charge in [0.1, 0.15) is 18.1 Å². The Bertz CT molecular complexity index is 1150. The molecule has 0 aromatic heterocycles. The van der Waals surface area contributed by atoms with E-state index >= 15 is 0 Å². The third-order valence-electron chi connectivity index (χ3n) is 5.76. The van der Waals surface area contributed by atoms with Crippen molar-refractivity contribution in [3.63, 3.8) is 0 Å².